The molecule has 4 heterocycles. The van der Waals surface area contributed by atoms with Gasteiger partial charge in [-0.15, -0.1) is 0 Å². The molecule has 2 atom stereocenters. The normalized spacial score (nSPS) is 25.4. The molecule has 0 unspecified atom stereocenters. The summed E-state index contributed by atoms with van der Waals surface area (Å²) in [7, 11) is 0. The monoisotopic (exact) mass is 416 g/mol. The second-order valence-corrected chi connectivity index (χ2v) is 9.20. The molecule has 3 saturated carbocycles. The molecule has 31 heavy (non-hydrogen) atoms. The smallest absolute Gasteiger partial charge is 0.162 e. The third-order valence-electron chi connectivity index (χ3n) is 7.58. The Labute approximate surface area is 180 Å². The number of nitrogens with one attached hydrogen (secondary N) is 1. The summed E-state index contributed by atoms with van der Waals surface area (Å²) < 4.78 is 19.5. The summed E-state index contributed by atoms with van der Waals surface area (Å²) in [4.78, 5) is 17.0. The molecular weight excluding hydrogens is 391 g/mol. The van der Waals surface area contributed by atoms with Gasteiger partial charge in [0.1, 0.15) is 17.2 Å². The van der Waals surface area contributed by atoms with E-state index >= 15 is 0 Å². The van der Waals surface area contributed by atoms with Crippen molar-refractivity contribution in [1.29, 1.82) is 0 Å². The van der Waals surface area contributed by atoms with Gasteiger partial charge in [-0.25, -0.2) is 19.3 Å². The number of fused-ring (bicyclic) bond motifs is 4. The Bertz CT molecular complexity index is 1220. The predicted octanol–water partition coefficient (Wildman–Crippen LogP) is 6.03. The zero-order valence-corrected chi connectivity index (χ0v) is 17.5. The van der Waals surface area contributed by atoms with E-state index in [0.717, 1.165) is 41.1 Å². The molecule has 0 amide bonds. The molecular formula is C25H25FN4O. The third kappa shape index (κ3) is 3.25. The molecule has 7 rings (SSSR count). The van der Waals surface area contributed by atoms with Gasteiger partial charge in [0.25, 0.3) is 0 Å². The van der Waals surface area contributed by atoms with Crippen molar-refractivity contribution in [3.05, 3.63) is 54.4 Å². The fraction of sp³-hybridized carbons (Fsp3) is 0.400. The SMILES string of the molecule is C[C@H]1C2CCC(CC2)[C@@H]1Cc1cc(-c2ccco2)nc(-c2c[nH]c3ncc(F)cc23)n1. The van der Waals surface area contributed by atoms with Crippen LogP contribution in [-0.4, -0.2) is 19.9 Å². The van der Waals surface area contributed by atoms with E-state index in [-0.39, 0.29) is 5.82 Å². The molecule has 1 N–H and O–H groups in total. The van der Waals surface area contributed by atoms with E-state index < -0.39 is 0 Å². The fourth-order valence-electron chi connectivity index (χ4n) is 5.91. The van der Waals surface area contributed by atoms with Gasteiger partial charge < -0.3 is 9.40 Å². The number of halogens is 1. The van der Waals surface area contributed by atoms with Crippen LogP contribution in [0, 0.1) is 29.5 Å². The van der Waals surface area contributed by atoms with Crippen LogP contribution in [0.5, 0.6) is 0 Å². The van der Waals surface area contributed by atoms with Crippen LogP contribution >= 0.6 is 0 Å². The topological polar surface area (TPSA) is 67.6 Å². The minimum absolute atomic E-state index is 0.372. The molecule has 3 fully saturated rings. The number of H-pyrrole nitrogens is 1. The molecule has 3 aliphatic carbocycles. The van der Waals surface area contributed by atoms with Gasteiger partial charge in [-0.3, -0.25) is 0 Å². The van der Waals surface area contributed by atoms with Crippen molar-refractivity contribution in [1.82, 2.24) is 19.9 Å². The minimum Gasteiger partial charge on any atom is -0.463 e. The molecule has 3 aliphatic rings. The zero-order chi connectivity index (χ0) is 20.9. The summed E-state index contributed by atoms with van der Waals surface area (Å²) in [6.45, 7) is 2.42. The van der Waals surface area contributed by atoms with Gasteiger partial charge in [-0.1, -0.05) is 6.92 Å². The molecule has 0 radical (unpaired) electrons. The number of hydrogen-bond acceptors (Lipinski definition) is 4. The van der Waals surface area contributed by atoms with Gasteiger partial charge in [-0.05, 0) is 80.0 Å². The summed E-state index contributed by atoms with van der Waals surface area (Å²) in [6, 6.07) is 7.32. The van der Waals surface area contributed by atoms with Crippen LogP contribution in [0.4, 0.5) is 4.39 Å². The zero-order valence-electron chi connectivity index (χ0n) is 17.5. The lowest BCUT2D eigenvalue weighted by molar-refractivity contribution is 0.0339. The minimum atomic E-state index is -0.372. The number of aromatic nitrogens is 4. The van der Waals surface area contributed by atoms with Crippen molar-refractivity contribution in [3.8, 4) is 22.8 Å². The van der Waals surface area contributed by atoms with Crippen LogP contribution in [0.2, 0.25) is 0 Å². The third-order valence-corrected chi connectivity index (χ3v) is 7.58. The Morgan fingerprint density at radius 2 is 1.97 bits per heavy atom. The second kappa shape index (κ2) is 7.29. The molecule has 4 aromatic rings. The Morgan fingerprint density at radius 3 is 2.74 bits per heavy atom. The van der Waals surface area contributed by atoms with Gasteiger partial charge in [0.2, 0.25) is 0 Å². The van der Waals surface area contributed by atoms with Crippen molar-refractivity contribution >= 4 is 11.0 Å². The molecule has 158 valence electrons. The first-order chi connectivity index (χ1) is 15.2. The lowest BCUT2D eigenvalue weighted by atomic mass is 9.58. The standard InChI is InChI=1S/C25H25FN4O/c1-14-15-4-6-16(7-5-15)19(14)10-18-11-22(23-3-2-8-31-23)30-25(29-18)21-13-28-24-20(21)9-17(26)12-27-24/h2-3,8-9,11-16,19H,4-7,10H2,1H3,(H,27,28)/t14-,15?,16?,19+/m0/s1. The molecule has 5 nitrogen and oxygen atoms in total. The van der Waals surface area contributed by atoms with Crippen LogP contribution in [-0.2, 0) is 6.42 Å². The van der Waals surface area contributed by atoms with Crippen LogP contribution in [0.3, 0.4) is 0 Å². The van der Waals surface area contributed by atoms with E-state index in [4.69, 9.17) is 14.4 Å². The second-order valence-electron chi connectivity index (χ2n) is 9.20. The highest BCUT2D eigenvalue weighted by atomic mass is 19.1. The summed E-state index contributed by atoms with van der Waals surface area (Å²) in [5.74, 6) is 3.94. The first-order valence-corrected chi connectivity index (χ1v) is 11.2. The Morgan fingerprint density at radius 1 is 1.13 bits per heavy atom. The van der Waals surface area contributed by atoms with E-state index in [2.05, 4.69) is 23.0 Å². The van der Waals surface area contributed by atoms with Crippen LogP contribution in [0.15, 0.2) is 47.3 Å². The lowest BCUT2D eigenvalue weighted by Gasteiger charge is -2.47. The van der Waals surface area contributed by atoms with Crippen LogP contribution in [0.25, 0.3) is 33.9 Å². The van der Waals surface area contributed by atoms with E-state index in [1.807, 2.05) is 18.3 Å². The number of rotatable bonds is 4. The maximum Gasteiger partial charge on any atom is 0.162 e. The number of pyridine rings is 1. The van der Waals surface area contributed by atoms with Gasteiger partial charge in [0.05, 0.1) is 12.5 Å². The molecule has 4 aromatic heterocycles. The van der Waals surface area contributed by atoms with Gasteiger partial charge in [0, 0.05) is 22.8 Å². The van der Waals surface area contributed by atoms with Crippen molar-refractivity contribution in [3.63, 3.8) is 0 Å². The average molecular weight is 417 g/mol. The van der Waals surface area contributed by atoms with Gasteiger partial charge in [-0.2, -0.15) is 0 Å². The Hall–Kier alpha value is -3.02. The molecule has 0 spiro atoms. The number of furan rings is 1. The van der Waals surface area contributed by atoms with E-state index in [9.17, 15) is 4.39 Å². The van der Waals surface area contributed by atoms with Crippen LogP contribution < -0.4 is 0 Å². The summed E-state index contributed by atoms with van der Waals surface area (Å²) in [5.41, 5.74) is 3.18. The average Bonchev–Trinajstić information content (AvgIpc) is 3.46. The first-order valence-electron chi connectivity index (χ1n) is 11.2. The Balaban J connectivity index is 1.44. The summed E-state index contributed by atoms with van der Waals surface area (Å²) in [6.07, 6.45) is 11.1. The first kappa shape index (κ1) is 18.7. The molecule has 0 aromatic carbocycles. The highest BCUT2D eigenvalue weighted by Gasteiger charge is 2.41. The highest BCUT2D eigenvalue weighted by Crippen LogP contribution is 2.49. The van der Waals surface area contributed by atoms with Gasteiger partial charge >= 0.3 is 0 Å². The lowest BCUT2D eigenvalue weighted by Crippen LogP contribution is -2.39. The molecule has 0 saturated heterocycles. The Kier molecular flexibility index (Phi) is 4.40. The fourth-order valence-corrected chi connectivity index (χ4v) is 5.91. The van der Waals surface area contributed by atoms with Crippen molar-refractivity contribution < 1.29 is 8.81 Å². The largest absolute Gasteiger partial charge is 0.463 e. The summed E-state index contributed by atoms with van der Waals surface area (Å²) >= 11 is 0. The van der Waals surface area contributed by atoms with Crippen LogP contribution in [0.1, 0.15) is 38.3 Å². The number of nitrogens with zero attached hydrogens (tertiary/aromatic N) is 3. The van der Waals surface area contributed by atoms with E-state index in [0.29, 0.717) is 28.5 Å². The number of hydrogen-bond donors (Lipinski definition) is 1. The van der Waals surface area contributed by atoms with Crippen molar-refractivity contribution in [2.75, 3.05) is 0 Å². The maximum absolute atomic E-state index is 13.9. The molecule has 6 heteroatoms. The maximum atomic E-state index is 13.9. The van der Waals surface area contributed by atoms with Gasteiger partial charge in [0.15, 0.2) is 11.6 Å². The van der Waals surface area contributed by atoms with E-state index in [1.165, 1.54) is 37.9 Å². The molecule has 0 aliphatic heterocycles. The van der Waals surface area contributed by atoms with E-state index in [1.54, 1.807) is 6.26 Å². The van der Waals surface area contributed by atoms with Crippen molar-refractivity contribution in [2.24, 2.45) is 23.7 Å². The summed E-state index contributed by atoms with van der Waals surface area (Å²) in [5, 5.41) is 0.688. The molecule has 2 bridgehead atoms. The van der Waals surface area contributed by atoms with Crippen molar-refractivity contribution in [2.45, 2.75) is 39.0 Å². The predicted molar refractivity (Wildman–Crippen MR) is 117 cm³/mol. The quantitative estimate of drug-likeness (QED) is 0.441. The highest BCUT2D eigenvalue weighted by molar-refractivity contribution is 5.91. The number of aromatic amines is 1.